The molecule has 1 fully saturated rings. The van der Waals surface area contributed by atoms with Gasteiger partial charge in [-0.2, -0.15) is 0 Å². The summed E-state index contributed by atoms with van der Waals surface area (Å²) in [6.45, 7) is 5.24. The molecule has 0 radical (unpaired) electrons. The van der Waals surface area contributed by atoms with Gasteiger partial charge in [-0.25, -0.2) is 14.8 Å². The summed E-state index contributed by atoms with van der Waals surface area (Å²) in [5, 5.41) is 0. The molecule has 0 bridgehead atoms. The van der Waals surface area contributed by atoms with E-state index < -0.39 is 5.97 Å². The van der Waals surface area contributed by atoms with Crippen molar-refractivity contribution in [2.45, 2.75) is 13.5 Å². The third kappa shape index (κ3) is 4.45. The molecule has 8 nitrogen and oxygen atoms in total. The molecule has 2 aromatic carbocycles. The fourth-order valence-electron chi connectivity index (χ4n) is 4.03. The molecule has 34 heavy (non-hydrogen) atoms. The predicted molar refractivity (Wildman–Crippen MR) is 128 cm³/mol. The zero-order chi connectivity index (χ0) is 23.3. The molecular formula is C26H26N4O4. The smallest absolute Gasteiger partial charge is 0.359 e. The van der Waals surface area contributed by atoms with Gasteiger partial charge in [0.25, 0.3) is 0 Å². The average Bonchev–Trinajstić information content (AvgIpc) is 3.29. The number of hydrogen-bond acceptors (Lipinski definition) is 7. The number of fused-ring (bicyclic) bond motifs is 1. The molecule has 0 spiro atoms. The van der Waals surface area contributed by atoms with Crippen molar-refractivity contribution in [1.82, 2.24) is 14.4 Å². The molecule has 174 valence electrons. The minimum atomic E-state index is -0.460. The number of anilines is 1. The highest BCUT2D eigenvalue weighted by Crippen LogP contribution is 2.31. The van der Waals surface area contributed by atoms with Crippen LogP contribution in [0.15, 0.2) is 67.0 Å². The maximum atomic E-state index is 12.8. The summed E-state index contributed by atoms with van der Waals surface area (Å²) in [5.74, 6) is 1.01. The summed E-state index contributed by atoms with van der Waals surface area (Å²) < 4.78 is 18.6. The van der Waals surface area contributed by atoms with Crippen LogP contribution < -0.4 is 9.64 Å². The van der Waals surface area contributed by atoms with Crippen LogP contribution in [-0.2, 0) is 16.1 Å². The van der Waals surface area contributed by atoms with Crippen LogP contribution in [0.25, 0.3) is 16.9 Å². The Balaban J connectivity index is 1.51. The lowest BCUT2D eigenvalue weighted by atomic mass is 10.1. The Bertz CT molecular complexity index is 1270. The van der Waals surface area contributed by atoms with Crippen LogP contribution in [0.4, 0.5) is 5.82 Å². The lowest BCUT2D eigenvalue weighted by Gasteiger charge is -2.27. The van der Waals surface area contributed by atoms with Crippen molar-refractivity contribution >= 4 is 17.4 Å². The van der Waals surface area contributed by atoms with E-state index in [0.717, 1.165) is 35.8 Å². The molecular weight excluding hydrogens is 432 g/mol. The van der Waals surface area contributed by atoms with Crippen LogP contribution in [0, 0.1) is 0 Å². The second-order valence-electron chi connectivity index (χ2n) is 7.87. The van der Waals surface area contributed by atoms with E-state index in [-0.39, 0.29) is 12.3 Å². The number of carbonyl (C=O) groups excluding carboxylic acids is 1. The van der Waals surface area contributed by atoms with Crippen molar-refractivity contribution < 1.29 is 19.0 Å². The highest BCUT2D eigenvalue weighted by Gasteiger charge is 2.25. The van der Waals surface area contributed by atoms with Gasteiger partial charge in [0.15, 0.2) is 17.2 Å². The fraction of sp³-hybridized carbons (Fsp3) is 0.269. The number of benzene rings is 2. The van der Waals surface area contributed by atoms with Gasteiger partial charge in [0.1, 0.15) is 12.4 Å². The number of rotatable bonds is 7. The monoisotopic (exact) mass is 458 g/mol. The third-order valence-corrected chi connectivity index (χ3v) is 5.68. The molecule has 0 unspecified atom stereocenters. The van der Waals surface area contributed by atoms with E-state index >= 15 is 0 Å². The normalized spacial score (nSPS) is 13.7. The first-order valence-electron chi connectivity index (χ1n) is 11.4. The van der Waals surface area contributed by atoms with Crippen molar-refractivity contribution in [3.05, 3.63) is 78.2 Å². The highest BCUT2D eigenvalue weighted by atomic mass is 16.5. The van der Waals surface area contributed by atoms with Crippen molar-refractivity contribution in [2.24, 2.45) is 0 Å². The minimum absolute atomic E-state index is 0.266. The fourth-order valence-corrected chi connectivity index (χ4v) is 4.03. The summed E-state index contributed by atoms with van der Waals surface area (Å²) in [5.41, 5.74) is 3.48. The van der Waals surface area contributed by atoms with Crippen LogP contribution in [-0.4, -0.2) is 53.2 Å². The van der Waals surface area contributed by atoms with Crippen molar-refractivity contribution in [2.75, 3.05) is 37.8 Å². The SMILES string of the molecule is CCOC(=O)c1nc2c(N3CCOCC3)nccn2c1-c1ccc(OCc2ccccc2)cc1. The molecule has 1 saturated heterocycles. The summed E-state index contributed by atoms with van der Waals surface area (Å²) in [7, 11) is 0. The number of imidazole rings is 1. The molecule has 5 rings (SSSR count). The number of carbonyl (C=O) groups is 1. The standard InChI is InChI=1S/C26H26N4O4/c1-2-33-26(31)22-23(20-8-10-21(11-9-20)34-18-19-6-4-3-5-7-19)30-13-12-27-24(25(30)28-22)29-14-16-32-17-15-29/h3-13H,2,14-18H2,1H3. The number of nitrogens with zero attached hydrogens (tertiary/aromatic N) is 4. The van der Waals surface area contributed by atoms with Crippen LogP contribution in [0.3, 0.4) is 0 Å². The summed E-state index contributed by atoms with van der Waals surface area (Å²) in [6.07, 6.45) is 3.55. The van der Waals surface area contributed by atoms with E-state index in [2.05, 4.69) is 9.88 Å². The summed E-state index contributed by atoms with van der Waals surface area (Å²) in [6, 6.07) is 17.7. The molecule has 1 aliphatic heterocycles. The first kappa shape index (κ1) is 21.9. The first-order chi connectivity index (χ1) is 16.7. The Morgan fingerprint density at radius 1 is 1.06 bits per heavy atom. The Labute approximate surface area is 197 Å². The number of hydrogen-bond donors (Lipinski definition) is 0. The van der Waals surface area contributed by atoms with E-state index in [1.165, 1.54) is 0 Å². The van der Waals surface area contributed by atoms with Crippen LogP contribution in [0.2, 0.25) is 0 Å². The molecule has 0 aliphatic carbocycles. The number of esters is 1. The molecule has 8 heteroatoms. The van der Waals surface area contributed by atoms with E-state index in [4.69, 9.17) is 19.2 Å². The van der Waals surface area contributed by atoms with E-state index in [9.17, 15) is 4.79 Å². The van der Waals surface area contributed by atoms with E-state index in [0.29, 0.717) is 31.2 Å². The van der Waals surface area contributed by atoms with E-state index in [1.807, 2.05) is 65.2 Å². The van der Waals surface area contributed by atoms with Crippen molar-refractivity contribution in [1.29, 1.82) is 0 Å². The minimum Gasteiger partial charge on any atom is -0.489 e. The Morgan fingerprint density at radius 3 is 2.56 bits per heavy atom. The van der Waals surface area contributed by atoms with Gasteiger partial charge in [-0.15, -0.1) is 0 Å². The Hall–Kier alpha value is -3.91. The van der Waals surface area contributed by atoms with Gasteiger partial charge in [0, 0.05) is 31.0 Å². The predicted octanol–water partition coefficient (Wildman–Crippen LogP) is 3.99. The van der Waals surface area contributed by atoms with Gasteiger partial charge in [0.05, 0.1) is 25.5 Å². The first-order valence-corrected chi connectivity index (χ1v) is 11.4. The van der Waals surface area contributed by atoms with Crippen LogP contribution >= 0.6 is 0 Å². The Morgan fingerprint density at radius 2 is 1.82 bits per heavy atom. The second-order valence-corrected chi connectivity index (χ2v) is 7.87. The van der Waals surface area contributed by atoms with Crippen LogP contribution in [0.5, 0.6) is 5.75 Å². The number of morpholine rings is 1. The topological polar surface area (TPSA) is 78.2 Å². The van der Waals surface area contributed by atoms with Gasteiger partial charge < -0.3 is 19.1 Å². The summed E-state index contributed by atoms with van der Waals surface area (Å²) in [4.78, 5) is 24.2. The molecule has 2 aromatic heterocycles. The van der Waals surface area contributed by atoms with Gasteiger partial charge >= 0.3 is 5.97 Å². The molecule has 0 amide bonds. The molecule has 0 saturated carbocycles. The highest BCUT2D eigenvalue weighted by molar-refractivity contribution is 5.96. The van der Waals surface area contributed by atoms with Crippen molar-refractivity contribution in [3.63, 3.8) is 0 Å². The lowest BCUT2D eigenvalue weighted by Crippen LogP contribution is -2.37. The molecule has 0 atom stereocenters. The maximum absolute atomic E-state index is 12.8. The molecule has 4 aromatic rings. The Kier molecular flexibility index (Phi) is 6.40. The van der Waals surface area contributed by atoms with Gasteiger partial charge in [0.2, 0.25) is 0 Å². The largest absolute Gasteiger partial charge is 0.489 e. The van der Waals surface area contributed by atoms with Crippen LogP contribution in [0.1, 0.15) is 23.0 Å². The molecule has 3 heterocycles. The zero-order valence-electron chi connectivity index (χ0n) is 19.0. The van der Waals surface area contributed by atoms with Gasteiger partial charge in [-0.3, -0.25) is 4.40 Å². The third-order valence-electron chi connectivity index (χ3n) is 5.68. The second kappa shape index (κ2) is 9.93. The summed E-state index contributed by atoms with van der Waals surface area (Å²) >= 11 is 0. The molecule has 1 aliphatic rings. The quantitative estimate of drug-likeness (QED) is 0.388. The van der Waals surface area contributed by atoms with Crippen molar-refractivity contribution in [3.8, 4) is 17.0 Å². The molecule has 0 N–H and O–H groups in total. The number of ether oxygens (including phenoxy) is 3. The number of aromatic nitrogens is 3. The van der Waals surface area contributed by atoms with Gasteiger partial charge in [-0.1, -0.05) is 30.3 Å². The maximum Gasteiger partial charge on any atom is 0.359 e. The lowest BCUT2D eigenvalue weighted by molar-refractivity contribution is 0.0521. The average molecular weight is 459 g/mol. The van der Waals surface area contributed by atoms with E-state index in [1.54, 1.807) is 13.1 Å². The van der Waals surface area contributed by atoms with Gasteiger partial charge in [-0.05, 0) is 36.8 Å². The zero-order valence-corrected chi connectivity index (χ0v) is 19.0.